The van der Waals surface area contributed by atoms with Gasteiger partial charge in [-0.15, -0.1) is 0 Å². The minimum absolute atomic E-state index is 0.00208. The van der Waals surface area contributed by atoms with Gasteiger partial charge in [-0.1, -0.05) is 0 Å². The molecule has 0 aliphatic carbocycles. The van der Waals surface area contributed by atoms with Crippen LogP contribution in [0.1, 0.15) is 12.8 Å². The zero-order valence-electron chi connectivity index (χ0n) is 12.2. The van der Waals surface area contributed by atoms with Crippen molar-refractivity contribution >= 4 is 23.5 Å². The maximum absolute atomic E-state index is 12.1. The minimum Gasteiger partial charge on any atom is -0.378 e. The highest BCUT2D eigenvalue weighted by Gasteiger charge is 2.24. The molecule has 0 radical (unpaired) electrons. The van der Waals surface area contributed by atoms with Crippen molar-refractivity contribution in [2.75, 3.05) is 43.1 Å². The smallest absolute Gasteiger partial charge is 0.229 e. The Kier molecular flexibility index (Phi) is 4.47. The molecule has 8 heteroatoms. The second kappa shape index (κ2) is 6.69. The Morgan fingerprint density at radius 1 is 1.32 bits per heavy atom. The van der Waals surface area contributed by atoms with Gasteiger partial charge in [-0.05, 0) is 6.42 Å². The lowest BCUT2D eigenvalue weighted by Gasteiger charge is -2.26. The van der Waals surface area contributed by atoms with E-state index in [0.717, 1.165) is 13.1 Å². The van der Waals surface area contributed by atoms with Crippen LogP contribution in [0.5, 0.6) is 0 Å². The van der Waals surface area contributed by atoms with Crippen molar-refractivity contribution in [3.63, 3.8) is 0 Å². The van der Waals surface area contributed by atoms with Gasteiger partial charge in [0.25, 0.3) is 0 Å². The molecule has 118 valence electrons. The van der Waals surface area contributed by atoms with Crippen molar-refractivity contribution in [3.05, 3.63) is 12.4 Å². The fraction of sp³-hybridized carbons (Fsp3) is 0.571. The summed E-state index contributed by atoms with van der Waals surface area (Å²) in [4.78, 5) is 33.8. The summed E-state index contributed by atoms with van der Waals surface area (Å²) in [6, 6.07) is 0. The summed E-state index contributed by atoms with van der Waals surface area (Å²) in [5.74, 6) is 0.341. The van der Waals surface area contributed by atoms with Crippen molar-refractivity contribution in [1.29, 1.82) is 0 Å². The average Bonchev–Trinajstić information content (AvgIpc) is 2.57. The number of aromatic nitrogens is 2. The predicted octanol–water partition coefficient (Wildman–Crippen LogP) is -0.222. The first-order valence-corrected chi connectivity index (χ1v) is 7.44. The normalized spacial score (nSPS) is 22.1. The van der Waals surface area contributed by atoms with E-state index >= 15 is 0 Å². The van der Waals surface area contributed by atoms with Crippen molar-refractivity contribution in [3.8, 4) is 0 Å². The monoisotopic (exact) mass is 305 g/mol. The predicted molar refractivity (Wildman–Crippen MR) is 79.4 cm³/mol. The minimum atomic E-state index is -0.198. The number of morpholine rings is 1. The van der Waals surface area contributed by atoms with E-state index in [0.29, 0.717) is 44.2 Å². The van der Waals surface area contributed by atoms with Gasteiger partial charge in [-0.2, -0.15) is 0 Å². The molecule has 2 saturated heterocycles. The second-order valence-electron chi connectivity index (χ2n) is 5.40. The standard InChI is InChI=1S/C14H19N5O3/c20-12-2-1-10(7-15-12)13(21)18-11-8-16-14(17-9-11)19-3-5-22-6-4-19/h8-10H,1-7H2,(H,15,20)(H,18,21). The van der Waals surface area contributed by atoms with Crippen LogP contribution in [-0.2, 0) is 14.3 Å². The molecular formula is C14H19N5O3. The number of carbonyl (C=O) groups excluding carboxylic acids is 2. The molecular weight excluding hydrogens is 286 g/mol. The highest BCUT2D eigenvalue weighted by molar-refractivity contribution is 5.93. The van der Waals surface area contributed by atoms with Gasteiger partial charge in [0.1, 0.15) is 0 Å². The number of hydrogen-bond acceptors (Lipinski definition) is 6. The van der Waals surface area contributed by atoms with E-state index in [1.165, 1.54) is 0 Å². The van der Waals surface area contributed by atoms with Crippen molar-refractivity contribution < 1.29 is 14.3 Å². The lowest BCUT2D eigenvalue weighted by atomic mass is 9.98. The van der Waals surface area contributed by atoms with Gasteiger partial charge in [0, 0.05) is 26.1 Å². The van der Waals surface area contributed by atoms with Crippen LogP contribution >= 0.6 is 0 Å². The van der Waals surface area contributed by atoms with E-state index < -0.39 is 0 Å². The first-order chi connectivity index (χ1) is 10.7. The summed E-state index contributed by atoms with van der Waals surface area (Å²) in [6.07, 6.45) is 4.18. The molecule has 2 aliphatic heterocycles. The van der Waals surface area contributed by atoms with Gasteiger partial charge in [-0.25, -0.2) is 9.97 Å². The van der Waals surface area contributed by atoms with Crippen LogP contribution in [0.25, 0.3) is 0 Å². The number of hydrogen-bond donors (Lipinski definition) is 2. The maximum Gasteiger partial charge on any atom is 0.229 e. The third-order valence-electron chi connectivity index (χ3n) is 3.84. The molecule has 0 saturated carbocycles. The van der Waals surface area contributed by atoms with E-state index in [1.807, 2.05) is 4.90 Å². The van der Waals surface area contributed by atoms with Gasteiger partial charge >= 0.3 is 0 Å². The van der Waals surface area contributed by atoms with Crippen molar-refractivity contribution in [2.24, 2.45) is 5.92 Å². The molecule has 2 aliphatic rings. The number of rotatable bonds is 3. The molecule has 0 aromatic carbocycles. The molecule has 22 heavy (non-hydrogen) atoms. The zero-order chi connectivity index (χ0) is 15.4. The SMILES string of the molecule is O=C1CCC(C(=O)Nc2cnc(N3CCOCC3)nc2)CN1. The molecule has 1 aromatic rings. The summed E-state index contributed by atoms with van der Waals surface area (Å²) in [5, 5.41) is 5.50. The van der Waals surface area contributed by atoms with Gasteiger partial charge in [-0.3, -0.25) is 9.59 Å². The Labute approximate surface area is 128 Å². The molecule has 3 rings (SSSR count). The first-order valence-electron chi connectivity index (χ1n) is 7.44. The van der Waals surface area contributed by atoms with Crippen LogP contribution in [0, 0.1) is 5.92 Å². The summed E-state index contributed by atoms with van der Waals surface area (Å²) >= 11 is 0. The molecule has 0 bridgehead atoms. The lowest BCUT2D eigenvalue weighted by Crippen LogP contribution is -2.40. The maximum atomic E-state index is 12.1. The first kappa shape index (κ1) is 14.7. The lowest BCUT2D eigenvalue weighted by molar-refractivity contribution is -0.126. The summed E-state index contributed by atoms with van der Waals surface area (Å²) in [6.45, 7) is 3.28. The molecule has 2 fully saturated rings. The Hall–Kier alpha value is -2.22. The number of nitrogens with zero attached hydrogens (tertiary/aromatic N) is 3. The van der Waals surface area contributed by atoms with Crippen LogP contribution in [0.15, 0.2) is 12.4 Å². The van der Waals surface area contributed by atoms with Crippen molar-refractivity contribution in [1.82, 2.24) is 15.3 Å². The number of nitrogens with one attached hydrogen (secondary N) is 2. The molecule has 0 spiro atoms. The highest BCUT2D eigenvalue weighted by atomic mass is 16.5. The number of ether oxygens (including phenoxy) is 1. The number of anilines is 2. The van der Waals surface area contributed by atoms with Crippen molar-refractivity contribution in [2.45, 2.75) is 12.8 Å². The summed E-state index contributed by atoms with van der Waals surface area (Å²) < 4.78 is 5.29. The van der Waals surface area contributed by atoms with E-state index in [9.17, 15) is 9.59 Å². The quantitative estimate of drug-likeness (QED) is 0.801. The molecule has 2 amide bonds. The number of carbonyl (C=O) groups is 2. The zero-order valence-corrected chi connectivity index (χ0v) is 12.2. The Morgan fingerprint density at radius 2 is 2.05 bits per heavy atom. The summed E-state index contributed by atoms with van der Waals surface area (Å²) in [5.41, 5.74) is 0.568. The molecule has 1 unspecified atom stereocenters. The second-order valence-corrected chi connectivity index (χ2v) is 5.40. The number of piperidine rings is 1. The van der Waals surface area contributed by atoms with Crippen LogP contribution in [0.4, 0.5) is 11.6 Å². The molecule has 2 N–H and O–H groups in total. The molecule has 1 aromatic heterocycles. The Bertz CT molecular complexity index is 532. The fourth-order valence-corrected chi connectivity index (χ4v) is 2.51. The van der Waals surface area contributed by atoms with Crippen LogP contribution in [0.3, 0.4) is 0 Å². The Morgan fingerprint density at radius 3 is 2.68 bits per heavy atom. The van der Waals surface area contributed by atoms with Crippen LogP contribution in [0.2, 0.25) is 0 Å². The van der Waals surface area contributed by atoms with E-state index in [1.54, 1.807) is 12.4 Å². The summed E-state index contributed by atoms with van der Waals surface area (Å²) in [7, 11) is 0. The number of amides is 2. The van der Waals surface area contributed by atoms with Gasteiger partial charge < -0.3 is 20.3 Å². The Balaban J connectivity index is 1.56. The van der Waals surface area contributed by atoms with E-state index in [4.69, 9.17) is 4.74 Å². The third kappa shape index (κ3) is 3.51. The van der Waals surface area contributed by atoms with Gasteiger partial charge in [0.15, 0.2) is 0 Å². The third-order valence-corrected chi connectivity index (χ3v) is 3.84. The van der Waals surface area contributed by atoms with Crippen LogP contribution in [-0.4, -0.2) is 54.6 Å². The largest absolute Gasteiger partial charge is 0.378 e. The molecule has 3 heterocycles. The highest BCUT2D eigenvalue weighted by Crippen LogP contribution is 2.15. The van der Waals surface area contributed by atoms with Gasteiger partial charge in [0.05, 0.1) is 37.2 Å². The molecule has 8 nitrogen and oxygen atoms in total. The van der Waals surface area contributed by atoms with Gasteiger partial charge in [0.2, 0.25) is 17.8 Å². The van der Waals surface area contributed by atoms with Crippen LogP contribution < -0.4 is 15.5 Å². The average molecular weight is 305 g/mol. The topological polar surface area (TPSA) is 96.5 Å². The molecule has 1 atom stereocenters. The van der Waals surface area contributed by atoms with E-state index in [2.05, 4.69) is 20.6 Å². The fourth-order valence-electron chi connectivity index (χ4n) is 2.51. The van der Waals surface area contributed by atoms with E-state index in [-0.39, 0.29) is 17.7 Å².